The minimum atomic E-state index is -3.61. The van der Waals surface area contributed by atoms with Crippen molar-refractivity contribution >= 4 is 22.3 Å². The molecule has 28 heavy (non-hydrogen) atoms. The predicted molar refractivity (Wildman–Crippen MR) is 105 cm³/mol. The van der Waals surface area contributed by atoms with Gasteiger partial charge in [-0.1, -0.05) is 42.5 Å². The maximum atomic E-state index is 12.6. The van der Waals surface area contributed by atoms with Crippen LogP contribution in [0.2, 0.25) is 0 Å². The van der Waals surface area contributed by atoms with Gasteiger partial charge in [0.2, 0.25) is 0 Å². The summed E-state index contributed by atoms with van der Waals surface area (Å²) in [6.45, 7) is 0.292. The third-order valence-electron chi connectivity index (χ3n) is 4.27. The SMILES string of the molecule is CS(=O)(=O)OC1CC(C=Cc2ccncc2)N(C(=O)OCc2ccccc2)C1. The van der Waals surface area contributed by atoms with Crippen molar-refractivity contribution in [3.8, 4) is 0 Å². The van der Waals surface area contributed by atoms with Crippen molar-refractivity contribution in [1.82, 2.24) is 9.88 Å². The van der Waals surface area contributed by atoms with Gasteiger partial charge >= 0.3 is 6.09 Å². The first-order valence-corrected chi connectivity index (χ1v) is 10.7. The number of pyridine rings is 1. The molecule has 1 fully saturated rings. The van der Waals surface area contributed by atoms with Crippen LogP contribution in [-0.4, -0.2) is 49.3 Å². The molecule has 1 amide bonds. The van der Waals surface area contributed by atoms with Crippen LogP contribution in [0.25, 0.3) is 6.08 Å². The number of hydrogen-bond acceptors (Lipinski definition) is 6. The summed E-state index contributed by atoms with van der Waals surface area (Å²) in [4.78, 5) is 18.1. The summed E-state index contributed by atoms with van der Waals surface area (Å²) in [6.07, 6.45) is 7.34. The summed E-state index contributed by atoms with van der Waals surface area (Å²) in [5.41, 5.74) is 1.81. The van der Waals surface area contributed by atoms with Crippen molar-refractivity contribution in [2.75, 3.05) is 12.8 Å². The average Bonchev–Trinajstić information content (AvgIpc) is 3.07. The Bertz CT molecular complexity index is 916. The van der Waals surface area contributed by atoms with Crippen molar-refractivity contribution < 1.29 is 22.1 Å². The Hall–Kier alpha value is -2.71. The summed E-state index contributed by atoms with van der Waals surface area (Å²) in [5, 5.41) is 0. The smallest absolute Gasteiger partial charge is 0.410 e. The summed E-state index contributed by atoms with van der Waals surface area (Å²) in [5.74, 6) is 0. The Morgan fingerprint density at radius 3 is 2.61 bits per heavy atom. The fourth-order valence-electron chi connectivity index (χ4n) is 3.03. The Morgan fingerprint density at radius 1 is 1.21 bits per heavy atom. The number of nitrogens with zero attached hydrogens (tertiary/aromatic N) is 2. The molecule has 0 bridgehead atoms. The number of hydrogen-bond donors (Lipinski definition) is 0. The lowest BCUT2D eigenvalue weighted by molar-refractivity contribution is 0.0938. The lowest BCUT2D eigenvalue weighted by atomic mass is 10.1. The molecule has 8 heteroatoms. The molecule has 1 saturated heterocycles. The number of ether oxygens (including phenoxy) is 1. The van der Waals surface area contributed by atoms with E-state index in [1.54, 1.807) is 12.4 Å². The van der Waals surface area contributed by atoms with Crippen LogP contribution in [0.1, 0.15) is 17.5 Å². The van der Waals surface area contributed by atoms with Crippen molar-refractivity contribution in [2.24, 2.45) is 0 Å². The van der Waals surface area contributed by atoms with E-state index in [-0.39, 0.29) is 19.2 Å². The molecule has 1 aromatic heterocycles. The summed E-state index contributed by atoms with van der Waals surface area (Å²) in [6, 6.07) is 12.7. The second-order valence-electron chi connectivity index (χ2n) is 6.56. The number of aromatic nitrogens is 1. The monoisotopic (exact) mass is 402 g/mol. The van der Waals surface area contributed by atoms with E-state index in [1.165, 1.54) is 4.90 Å². The van der Waals surface area contributed by atoms with Gasteiger partial charge in [-0.25, -0.2) is 4.79 Å². The first-order chi connectivity index (χ1) is 13.4. The number of amides is 1. The van der Waals surface area contributed by atoms with Crippen LogP contribution in [0, 0.1) is 0 Å². The molecule has 1 aliphatic rings. The van der Waals surface area contributed by atoms with Crippen LogP contribution >= 0.6 is 0 Å². The van der Waals surface area contributed by atoms with Gasteiger partial charge in [0.1, 0.15) is 6.61 Å². The second-order valence-corrected chi connectivity index (χ2v) is 8.16. The zero-order valence-electron chi connectivity index (χ0n) is 15.5. The van der Waals surface area contributed by atoms with E-state index >= 15 is 0 Å². The van der Waals surface area contributed by atoms with Crippen LogP contribution in [-0.2, 0) is 25.6 Å². The molecule has 0 N–H and O–H groups in total. The van der Waals surface area contributed by atoms with E-state index in [0.29, 0.717) is 6.42 Å². The molecular formula is C20H22N2O5S. The van der Waals surface area contributed by atoms with Gasteiger partial charge in [0.05, 0.1) is 24.9 Å². The molecule has 1 aliphatic heterocycles. The van der Waals surface area contributed by atoms with Gasteiger partial charge < -0.3 is 4.74 Å². The average molecular weight is 402 g/mol. The van der Waals surface area contributed by atoms with Gasteiger partial charge in [0.25, 0.3) is 10.1 Å². The molecule has 3 rings (SSSR count). The molecular weight excluding hydrogens is 380 g/mol. The molecule has 0 saturated carbocycles. The molecule has 7 nitrogen and oxygen atoms in total. The van der Waals surface area contributed by atoms with Gasteiger partial charge in [-0.05, 0) is 23.3 Å². The van der Waals surface area contributed by atoms with Crippen LogP contribution in [0.5, 0.6) is 0 Å². The fraction of sp³-hybridized carbons (Fsp3) is 0.300. The van der Waals surface area contributed by atoms with Crippen molar-refractivity contribution in [1.29, 1.82) is 0 Å². The first-order valence-electron chi connectivity index (χ1n) is 8.84. The Kier molecular flexibility index (Phi) is 6.43. The van der Waals surface area contributed by atoms with Crippen LogP contribution in [0.3, 0.4) is 0 Å². The standard InChI is InChI=1S/C20H22N2O5S/c1-28(24,25)27-19-13-18(8-7-16-9-11-21-12-10-16)22(14-19)20(23)26-15-17-5-3-2-4-6-17/h2-12,18-19H,13-15H2,1H3. The van der Waals surface area contributed by atoms with Crippen molar-refractivity contribution in [2.45, 2.75) is 25.2 Å². The largest absolute Gasteiger partial charge is 0.445 e. The maximum absolute atomic E-state index is 12.6. The molecule has 2 atom stereocenters. The lowest BCUT2D eigenvalue weighted by Crippen LogP contribution is -2.35. The minimum Gasteiger partial charge on any atom is -0.445 e. The van der Waals surface area contributed by atoms with Gasteiger partial charge in [0, 0.05) is 18.8 Å². The van der Waals surface area contributed by atoms with Gasteiger partial charge in [-0.15, -0.1) is 0 Å². The van der Waals surface area contributed by atoms with Gasteiger partial charge in [0.15, 0.2) is 0 Å². The minimum absolute atomic E-state index is 0.145. The molecule has 0 spiro atoms. The number of rotatable bonds is 6. The molecule has 2 heterocycles. The van der Waals surface area contributed by atoms with Gasteiger partial charge in [-0.2, -0.15) is 8.42 Å². The third kappa shape index (κ3) is 5.90. The molecule has 2 unspecified atom stereocenters. The normalized spacial score (nSPS) is 19.8. The number of carbonyl (C=O) groups is 1. The Labute approximate surface area is 164 Å². The molecule has 2 aromatic rings. The summed E-state index contributed by atoms with van der Waals surface area (Å²) in [7, 11) is -3.61. The van der Waals surface area contributed by atoms with Gasteiger partial charge in [-0.3, -0.25) is 14.1 Å². The zero-order valence-corrected chi connectivity index (χ0v) is 16.3. The third-order valence-corrected chi connectivity index (χ3v) is 4.89. The Balaban J connectivity index is 1.70. The zero-order chi connectivity index (χ0) is 20.0. The lowest BCUT2D eigenvalue weighted by Gasteiger charge is -2.21. The topological polar surface area (TPSA) is 85.8 Å². The van der Waals surface area contributed by atoms with Crippen LogP contribution in [0.15, 0.2) is 60.9 Å². The molecule has 1 aromatic carbocycles. The highest BCUT2D eigenvalue weighted by Crippen LogP contribution is 2.24. The fourth-order valence-corrected chi connectivity index (χ4v) is 3.67. The Morgan fingerprint density at radius 2 is 1.93 bits per heavy atom. The molecule has 148 valence electrons. The maximum Gasteiger partial charge on any atom is 0.410 e. The van der Waals surface area contributed by atoms with E-state index in [9.17, 15) is 13.2 Å². The van der Waals surface area contributed by atoms with Crippen LogP contribution < -0.4 is 0 Å². The highest BCUT2D eigenvalue weighted by molar-refractivity contribution is 7.86. The second kappa shape index (κ2) is 8.99. The van der Waals surface area contributed by atoms with Crippen LogP contribution in [0.4, 0.5) is 4.79 Å². The first kappa shape index (κ1) is 20.0. The molecule has 0 aliphatic carbocycles. The van der Waals surface area contributed by atoms with Crippen molar-refractivity contribution in [3.63, 3.8) is 0 Å². The summed E-state index contributed by atoms with van der Waals surface area (Å²) < 4.78 is 33.5. The van der Waals surface area contributed by atoms with Crippen molar-refractivity contribution in [3.05, 3.63) is 72.1 Å². The number of benzene rings is 1. The highest BCUT2D eigenvalue weighted by atomic mass is 32.2. The summed E-state index contributed by atoms with van der Waals surface area (Å²) >= 11 is 0. The van der Waals surface area contributed by atoms with E-state index in [4.69, 9.17) is 8.92 Å². The predicted octanol–water partition coefficient (Wildman–Crippen LogP) is 2.85. The highest BCUT2D eigenvalue weighted by Gasteiger charge is 2.37. The van der Waals surface area contributed by atoms with E-state index < -0.39 is 22.3 Å². The number of carbonyl (C=O) groups excluding carboxylic acids is 1. The molecule has 0 radical (unpaired) electrons. The van der Waals surface area contributed by atoms with E-state index in [0.717, 1.165) is 17.4 Å². The van der Waals surface area contributed by atoms with E-state index in [1.807, 2.05) is 54.6 Å². The quantitative estimate of drug-likeness (QED) is 0.691. The van der Waals surface area contributed by atoms with E-state index in [2.05, 4.69) is 4.98 Å². The number of likely N-dealkylation sites (tertiary alicyclic amines) is 1.